The Balaban J connectivity index is 0.00000361. The van der Waals surface area contributed by atoms with Crippen LogP contribution in [0.3, 0.4) is 0 Å². The van der Waals surface area contributed by atoms with E-state index < -0.39 is 0 Å². The van der Waals surface area contributed by atoms with Crippen LogP contribution in [-0.4, -0.2) is 19.8 Å². The van der Waals surface area contributed by atoms with Gasteiger partial charge in [0.15, 0.2) is 11.5 Å². The van der Waals surface area contributed by atoms with Crippen LogP contribution in [0.25, 0.3) is 0 Å². The van der Waals surface area contributed by atoms with Gasteiger partial charge in [-0.15, -0.1) is 18.8 Å². The summed E-state index contributed by atoms with van der Waals surface area (Å²) in [5, 5.41) is 3.41. The molecule has 0 saturated carbocycles. The molecule has 0 heterocycles. The highest BCUT2D eigenvalue weighted by atomic mass is 35.5. The molecular weight excluding hydrogens is 274 g/mol. The molecular formula is C16H24ClNO2. The first-order valence-corrected chi connectivity index (χ1v) is 6.84. The molecule has 0 saturated heterocycles. The van der Waals surface area contributed by atoms with Gasteiger partial charge >= 0.3 is 0 Å². The van der Waals surface area contributed by atoms with Gasteiger partial charge in [0.1, 0.15) is 6.61 Å². The fourth-order valence-electron chi connectivity index (χ4n) is 1.70. The van der Waals surface area contributed by atoms with Crippen LogP contribution in [0, 0.1) is 12.3 Å². The van der Waals surface area contributed by atoms with Crippen molar-refractivity contribution in [2.75, 3.05) is 19.8 Å². The fraction of sp³-hybridized carbons (Fsp3) is 0.500. The Bertz CT molecular complexity index is 415. The zero-order valence-electron chi connectivity index (χ0n) is 12.3. The van der Waals surface area contributed by atoms with Gasteiger partial charge in [0.25, 0.3) is 0 Å². The number of hydrogen-bond donors (Lipinski definition) is 1. The van der Waals surface area contributed by atoms with Crippen molar-refractivity contribution in [2.24, 2.45) is 0 Å². The molecule has 0 spiro atoms. The smallest absolute Gasteiger partial charge is 0.162 e. The second kappa shape index (κ2) is 11.5. The lowest BCUT2D eigenvalue weighted by Gasteiger charge is -2.12. The minimum Gasteiger partial charge on any atom is -0.490 e. The molecule has 0 aromatic heterocycles. The van der Waals surface area contributed by atoms with Crippen LogP contribution in [0.15, 0.2) is 18.2 Å². The minimum atomic E-state index is 0. The maximum Gasteiger partial charge on any atom is 0.162 e. The zero-order chi connectivity index (χ0) is 13.9. The van der Waals surface area contributed by atoms with E-state index in [9.17, 15) is 0 Å². The number of unbranched alkanes of at least 4 members (excludes halogenated alkanes) is 1. The summed E-state index contributed by atoms with van der Waals surface area (Å²) in [6, 6.07) is 5.96. The van der Waals surface area contributed by atoms with Crippen molar-refractivity contribution in [3.8, 4) is 23.8 Å². The van der Waals surface area contributed by atoms with Crippen molar-refractivity contribution in [1.82, 2.24) is 5.32 Å². The molecule has 0 aliphatic rings. The molecule has 1 rings (SSSR count). The normalized spacial score (nSPS) is 9.45. The lowest BCUT2D eigenvalue weighted by atomic mass is 10.2. The summed E-state index contributed by atoms with van der Waals surface area (Å²) in [7, 11) is 0. The average molecular weight is 298 g/mol. The molecule has 0 fully saturated rings. The third-order valence-electron chi connectivity index (χ3n) is 2.66. The van der Waals surface area contributed by atoms with Gasteiger partial charge in [0.2, 0.25) is 0 Å². The maximum absolute atomic E-state index is 5.58. The van der Waals surface area contributed by atoms with Crippen molar-refractivity contribution in [2.45, 2.75) is 33.2 Å². The van der Waals surface area contributed by atoms with E-state index in [4.69, 9.17) is 15.9 Å². The number of terminal acetylenes is 1. The Morgan fingerprint density at radius 1 is 1.20 bits per heavy atom. The van der Waals surface area contributed by atoms with Crippen LogP contribution >= 0.6 is 12.4 Å². The molecule has 1 aromatic carbocycles. The van der Waals surface area contributed by atoms with E-state index in [1.54, 1.807) is 0 Å². The zero-order valence-corrected chi connectivity index (χ0v) is 13.1. The average Bonchev–Trinajstić information content (AvgIpc) is 2.43. The first kappa shape index (κ1) is 18.6. The van der Waals surface area contributed by atoms with E-state index >= 15 is 0 Å². The van der Waals surface area contributed by atoms with Gasteiger partial charge in [-0.1, -0.05) is 25.3 Å². The Hall–Kier alpha value is -1.37. The minimum absolute atomic E-state index is 0. The largest absolute Gasteiger partial charge is 0.490 e. The van der Waals surface area contributed by atoms with E-state index in [0.717, 1.165) is 18.8 Å². The van der Waals surface area contributed by atoms with E-state index in [1.807, 2.05) is 25.1 Å². The van der Waals surface area contributed by atoms with E-state index in [2.05, 4.69) is 18.2 Å². The predicted octanol–water partition coefficient (Wildman–Crippen LogP) is 3.41. The topological polar surface area (TPSA) is 30.5 Å². The van der Waals surface area contributed by atoms with Crippen LogP contribution in [0.4, 0.5) is 0 Å². The Labute approximate surface area is 128 Å². The first-order chi connectivity index (χ1) is 9.31. The highest BCUT2D eigenvalue weighted by Gasteiger charge is 2.06. The number of ether oxygens (including phenoxy) is 2. The summed E-state index contributed by atoms with van der Waals surface area (Å²) in [4.78, 5) is 0. The molecule has 1 N–H and O–H groups in total. The van der Waals surface area contributed by atoms with Gasteiger partial charge in [-0.2, -0.15) is 0 Å². The van der Waals surface area contributed by atoms with Crippen LogP contribution in [0.1, 0.15) is 32.3 Å². The van der Waals surface area contributed by atoms with Gasteiger partial charge in [-0.3, -0.25) is 0 Å². The van der Waals surface area contributed by atoms with Crippen LogP contribution in [-0.2, 0) is 6.54 Å². The molecule has 0 unspecified atom stereocenters. The third-order valence-corrected chi connectivity index (χ3v) is 2.66. The van der Waals surface area contributed by atoms with Crippen LogP contribution in [0.5, 0.6) is 11.5 Å². The first-order valence-electron chi connectivity index (χ1n) is 6.84. The number of hydrogen-bond acceptors (Lipinski definition) is 3. The maximum atomic E-state index is 5.58. The van der Waals surface area contributed by atoms with Gasteiger partial charge in [0.05, 0.1) is 6.61 Å². The quantitative estimate of drug-likeness (QED) is 0.560. The van der Waals surface area contributed by atoms with Gasteiger partial charge in [-0.05, 0) is 37.6 Å². The Kier molecular flexibility index (Phi) is 10.7. The SMILES string of the molecule is C#CCOc1ccc(CNCCCC)cc1OCC.Cl. The van der Waals surface area contributed by atoms with Gasteiger partial charge in [0, 0.05) is 6.54 Å². The summed E-state index contributed by atoms with van der Waals surface area (Å²) in [5.74, 6) is 3.92. The van der Waals surface area contributed by atoms with Crippen molar-refractivity contribution >= 4 is 12.4 Å². The van der Waals surface area contributed by atoms with E-state index in [1.165, 1.54) is 18.4 Å². The highest BCUT2D eigenvalue weighted by molar-refractivity contribution is 5.85. The van der Waals surface area contributed by atoms with Gasteiger partial charge < -0.3 is 14.8 Å². The molecule has 0 aliphatic carbocycles. The van der Waals surface area contributed by atoms with Crippen molar-refractivity contribution < 1.29 is 9.47 Å². The number of nitrogens with one attached hydrogen (secondary N) is 1. The lowest BCUT2D eigenvalue weighted by Crippen LogP contribution is -2.14. The third kappa shape index (κ3) is 6.70. The van der Waals surface area contributed by atoms with Crippen LogP contribution in [0.2, 0.25) is 0 Å². The van der Waals surface area contributed by atoms with Crippen molar-refractivity contribution in [3.63, 3.8) is 0 Å². The van der Waals surface area contributed by atoms with Gasteiger partial charge in [-0.25, -0.2) is 0 Å². The van der Waals surface area contributed by atoms with Crippen molar-refractivity contribution in [1.29, 1.82) is 0 Å². The molecule has 0 atom stereocenters. The Morgan fingerprint density at radius 2 is 2.00 bits per heavy atom. The summed E-state index contributed by atoms with van der Waals surface area (Å²) in [6.45, 7) is 6.89. The standard InChI is InChI=1S/C16H23NO2.ClH/c1-4-7-10-17-13-14-8-9-15(19-11-5-2)16(12-14)18-6-3;/h2,8-9,12,17H,4,6-7,10-11,13H2,1,3H3;1H. The van der Waals surface area contributed by atoms with E-state index in [0.29, 0.717) is 12.4 Å². The number of halogens is 1. The molecule has 0 bridgehead atoms. The molecule has 112 valence electrons. The Morgan fingerprint density at radius 3 is 2.65 bits per heavy atom. The summed E-state index contributed by atoms with van der Waals surface area (Å²) in [6.07, 6.45) is 7.60. The summed E-state index contributed by atoms with van der Waals surface area (Å²) < 4.78 is 11.0. The molecule has 3 nitrogen and oxygen atoms in total. The fourth-order valence-corrected chi connectivity index (χ4v) is 1.70. The summed E-state index contributed by atoms with van der Waals surface area (Å²) in [5.41, 5.74) is 1.19. The second-order valence-electron chi connectivity index (χ2n) is 4.24. The molecule has 0 radical (unpaired) electrons. The molecule has 0 amide bonds. The predicted molar refractivity (Wildman–Crippen MR) is 85.8 cm³/mol. The molecule has 20 heavy (non-hydrogen) atoms. The monoisotopic (exact) mass is 297 g/mol. The summed E-state index contributed by atoms with van der Waals surface area (Å²) >= 11 is 0. The highest BCUT2D eigenvalue weighted by Crippen LogP contribution is 2.28. The number of rotatable bonds is 9. The van der Waals surface area contributed by atoms with E-state index in [-0.39, 0.29) is 19.0 Å². The molecule has 0 aliphatic heterocycles. The van der Waals surface area contributed by atoms with Crippen molar-refractivity contribution in [3.05, 3.63) is 23.8 Å². The number of benzene rings is 1. The van der Waals surface area contributed by atoms with Crippen LogP contribution < -0.4 is 14.8 Å². The second-order valence-corrected chi connectivity index (χ2v) is 4.24. The lowest BCUT2D eigenvalue weighted by molar-refractivity contribution is 0.299. The molecule has 4 heteroatoms. The molecule has 1 aromatic rings.